The van der Waals surface area contributed by atoms with Gasteiger partial charge in [0.05, 0.1) is 32.9 Å². The van der Waals surface area contributed by atoms with Crippen molar-refractivity contribution in [2.45, 2.75) is 32.7 Å². The number of thiazole rings is 2. The zero-order valence-corrected chi connectivity index (χ0v) is 17.6. The molecule has 1 fully saturated rings. The summed E-state index contributed by atoms with van der Waals surface area (Å²) in [5, 5.41) is 7.02. The summed E-state index contributed by atoms with van der Waals surface area (Å²) in [6, 6.07) is 3.72. The van der Waals surface area contributed by atoms with Gasteiger partial charge < -0.3 is 15.0 Å². The monoisotopic (exact) mass is 425 g/mol. The van der Waals surface area contributed by atoms with Crippen LogP contribution in [0, 0.1) is 13.8 Å². The zero-order valence-electron chi connectivity index (χ0n) is 16.0. The molecule has 0 aliphatic carbocycles. The van der Waals surface area contributed by atoms with E-state index >= 15 is 0 Å². The first-order valence-corrected chi connectivity index (χ1v) is 11.1. The lowest BCUT2D eigenvalue weighted by Gasteiger charge is -2.38. The third-order valence-corrected chi connectivity index (χ3v) is 6.83. The SMILES string of the molecule is Cc1nc(C)c(-c2csc(Nc3ccc(C(=O)N4C=C5CC[C@H]4CO5)cn3)n2)s1. The number of pyridine rings is 1. The summed E-state index contributed by atoms with van der Waals surface area (Å²) in [6.45, 7) is 4.58. The van der Waals surface area contributed by atoms with Gasteiger partial charge in [-0.15, -0.1) is 22.7 Å². The maximum Gasteiger partial charge on any atom is 0.259 e. The van der Waals surface area contributed by atoms with Gasteiger partial charge in [-0.25, -0.2) is 15.0 Å². The molecule has 3 aromatic rings. The molecule has 3 aromatic heterocycles. The molecule has 1 atom stereocenters. The first kappa shape index (κ1) is 18.3. The van der Waals surface area contributed by atoms with E-state index in [-0.39, 0.29) is 11.9 Å². The topological polar surface area (TPSA) is 80.2 Å². The van der Waals surface area contributed by atoms with Crippen molar-refractivity contribution in [2.24, 2.45) is 0 Å². The highest BCUT2D eigenvalue weighted by atomic mass is 32.1. The van der Waals surface area contributed by atoms with Gasteiger partial charge in [0.2, 0.25) is 0 Å². The third-order valence-electron chi connectivity index (χ3n) is 4.98. The summed E-state index contributed by atoms with van der Waals surface area (Å²) in [6.07, 6.45) is 5.30. The highest BCUT2D eigenvalue weighted by Crippen LogP contribution is 2.33. The number of anilines is 2. The van der Waals surface area contributed by atoms with Crippen LogP contribution < -0.4 is 5.32 Å². The number of nitrogens with zero attached hydrogens (tertiary/aromatic N) is 4. The molecule has 6 heterocycles. The van der Waals surface area contributed by atoms with E-state index in [0.29, 0.717) is 18.0 Å². The number of aromatic nitrogens is 3. The van der Waals surface area contributed by atoms with Gasteiger partial charge in [0.15, 0.2) is 5.13 Å². The number of hydrogen-bond acceptors (Lipinski definition) is 8. The van der Waals surface area contributed by atoms with E-state index in [4.69, 9.17) is 4.74 Å². The number of rotatable bonds is 4. The number of hydrogen-bond donors (Lipinski definition) is 1. The van der Waals surface area contributed by atoms with Crippen molar-refractivity contribution < 1.29 is 9.53 Å². The number of aryl methyl sites for hydroxylation is 2. The molecule has 7 nitrogen and oxygen atoms in total. The van der Waals surface area contributed by atoms with E-state index in [9.17, 15) is 4.79 Å². The first-order valence-electron chi connectivity index (χ1n) is 9.36. The Hall–Kier alpha value is -2.78. The summed E-state index contributed by atoms with van der Waals surface area (Å²) in [7, 11) is 0. The van der Waals surface area contributed by atoms with Crippen LogP contribution >= 0.6 is 22.7 Å². The third kappa shape index (κ3) is 3.51. The molecule has 1 amide bonds. The van der Waals surface area contributed by atoms with Crippen LogP contribution in [0.4, 0.5) is 10.9 Å². The van der Waals surface area contributed by atoms with Crippen LogP contribution in [0.25, 0.3) is 10.6 Å². The molecule has 0 unspecified atom stereocenters. The fraction of sp³-hybridized carbons (Fsp3) is 0.300. The molecular formula is C20H19N5O2S2. The zero-order chi connectivity index (χ0) is 20.0. The molecule has 0 saturated carbocycles. The van der Waals surface area contributed by atoms with Gasteiger partial charge in [0, 0.05) is 24.2 Å². The van der Waals surface area contributed by atoms with E-state index < -0.39 is 0 Å². The highest BCUT2D eigenvalue weighted by Gasteiger charge is 2.32. The normalized spacial score (nSPS) is 17.8. The average molecular weight is 426 g/mol. The van der Waals surface area contributed by atoms with Gasteiger partial charge in [-0.05, 0) is 32.4 Å². The van der Waals surface area contributed by atoms with Crippen molar-refractivity contribution in [3.8, 4) is 10.6 Å². The van der Waals surface area contributed by atoms with Gasteiger partial charge in [-0.1, -0.05) is 0 Å². The van der Waals surface area contributed by atoms with E-state index in [0.717, 1.165) is 45.0 Å². The van der Waals surface area contributed by atoms with Crippen molar-refractivity contribution in [1.82, 2.24) is 19.9 Å². The Morgan fingerprint density at radius 1 is 1.31 bits per heavy atom. The Bertz CT molecular complexity index is 1090. The second kappa shape index (κ2) is 7.23. The van der Waals surface area contributed by atoms with Crippen molar-refractivity contribution >= 4 is 39.5 Å². The molecule has 6 rings (SSSR count). The van der Waals surface area contributed by atoms with Crippen LogP contribution in [0.15, 0.2) is 35.7 Å². The standard InChI is InChI=1S/C20H19N5O2S2/c1-11-18(29-12(2)22-11)16-10-28-20(23-16)24-17-6-3-13(7-21-17)19(26)25-8-15-5-4-14(25)9-27-15/h3,6-8,10,14H,4-5,9H2,1-2H3,(H,21,23,24)/t14-/m0/s1. The molecule has 3 aliphatic rings. The largest absolute Gasteiger partial charge is 0.494 e. The van der Waals surface area contributed by atoms with Crippen LogP contribution in [-0.2, 0) is 4.74 Å². The lowest BCUT2D eigenvalue weighted by Crippen LogP contribution is -2.45. The average Bonchev–Trinajstić information content (AvgIpc) is 3.34. The van der Waals surface area contributed by atoms with E-state index in [1.54, 1.807) is 28.5 Å². The Balaban J connectivity index is 1.29. The van der Waals surface area contributed by atoms with Gasteiger partial charge in [-0.3, -0.25) is 4.79 Å². The summed E-state index contributed by atoms with van der Waals surface area (Å²) in [5.74, 6) is 1.50. The van der Waals surface area contributed by atoms with Crippen LogP contribution in [-0.4, -0.2) is 38.4 Å². The second-order valence-corrected chi connectivity index (χ2v) is 9.12. The van der Waals surface area contributed by atoms with Gasteiger partial charge in [0.25, 0.3) is 5.91 Å². The molecule has 29 heavy (non-hydrogen) atoms. The number of amides is 1. The molecule has 0 radical (unpaired) electrons. The number of carbonyl (C=O) groups is 1. The molecule has 148 valence electrons. The van der Waals surface area contributed by atoms with E-state index in [2.05, 4.69) is 20.3 Å². The predicted molar refractivity (Wildman–Crippen MR) is 113 cm³/mol. The molecule has 0 aromatic carbocycles. The lowest BCUT2D eigenvalue weighted by molar-refractivity contribution is 0.0353. The predicted octanol–water partition coefficient (Wildman–Crippen LogP) is 4.50. The molecule has 2 bridgehead atoms. The highest BCUT2D eigenvalue weighted by molar-refractivity contribution is 7.16. The number of fused-ring (bicyclic) bond motifs is 3. The van der Waals surface area contributed by atoms with Crippen molar-refractivity contribution in [1.29, 1.82) is 0 Å². The Labute approximate surface area is 176 Å². The lowest BCUT2D eigenvalue weighted by atomic mass is 10.0. The van der Waals surface area contributed by atoms with Crippen molar-refractivity contribution in [3.63, 3.8) is 0 Å². The van der Waals surface area contributed by atoms with Crippen LogP contribution in [0.2, 0.25) is 0 Å². The van der Waals surface area contributed by atoms with Gasteiger partial charge in [-0.2, -0.15) is 0 Å². The Kier molecular flexibility index (Phi) is 4.56. The number of nitrogens with one attached hydrogen (secondary N) is 1. The molecule has 1 saturated heterocycles. The molecule has 3 aliphatic heterocycles. The second-order valence-electron chi connectivity index (χ2n) is 7.05. The van der Waals surface area contributed by atoms with E-state index in [1.165, 1.54) is 11.3 Å². The van der Waals surface area contributed by atoms with E-state index in [1.807, 2.05) is 31.5 Å². The molecule has 9 heteroatoms. The minimum Gasteiger partial charge on any atom is -0.494 e. The summed E-state index contributed by atoms with van der Waals surface area (Å²) in [4.78, 5) is 29.2. The maximum absolute atomic E-state index is 12.8. The minimum atomic E-state index is -0.0397. The number of ether oxygens (including phenoxy) is 1. The first-order chi connectivity index (χ1) is 14.1. The molecular weight excluding hydrogens is 406 g/mol. The fourth-order valence-corrected chi connectivity index (χ4v) is 5.19. The van der Waals surface area contributed by atoms with Gasteiger partial charge in [0.1, 0.15) is 18.2 Å². The van der Waals surface area contributed by atoms with Crippen LogP contribution in [0.5, 0.6) is 0 Å². The summed E-state index contributed by atoms with van der Waals surface area (Å²) < 4.78 is 5.55. The number of allylic oxidation sites excluding steroid dienone is 1. The Morgan fingerprint density at radius 2 is 2.21 bits per heavy atom. The summed E-state index contributed by atoms with van der Waals surface area (Å²) in [5.41, 5.74) is 2.48. The summed E-state index contributed by atoms with van der Waals surface area (Å²) >= 11 is 3.16. The number of carbonyl (C=O) groups excluding carboxylic acids is 1. The quantitative estimate of drug-likeness (QED) is 0.663. The molecule has 0 spiro atoms. The Morgan fingerprint density at radius 3 is 2.83 bits per heavy atom. The molecule has 1 N–H and O–H groups in total. The van der Waals surface area contributed by atoms with Crippen molar-refractivity contribution in [2.75, 3.05) is 11.9 Å². The van der Waals surface area contributed by atoms with Crippen LogP contribution in [0.3, 0.4) is 0 Å². The maximum atomic E-state index is 12.8. The van der Waals surface area contributed by atoms with Gasteiger partial charge >= 0.3 is 0 Å². The van der Waals surface area contributed by atoms with Crippen LogP contribution in [0.1, 0.15) is 33.9 Å². The van der Waals surface area contributed by atoms with Crippen molar-refractivity contribution in [3.05, 3.63) is 51.9 Å². The minimum absolute atomic E-state index is 0.0397. The fourth-order valence-electron chi connectivity index (χ4n) is 3.53. The smallest absolute Gasteiger partial charge is 0.259 e.